The Morgan fingerprint density at radius 2 is 1.87 bits per heavy atom. The minimum absolute atomic E-state index is 0.00753. The third kappa shape index (κ3) is 3.90. The third-order valence-electron chi connectivity index (χ3n) is 3.75. The third-order valence-corrected chi connectivity index (χ3v) is 3.75. The molecule has 0 bridgehead atoms. The van der Waals surface area contributed by atoms with E-state index in [1.54, 1.807) is 19.0 Å². The Balaban J connectivity index is 2.37. The van der Waals surface area contributed by atoms with Crippen LogP contribution in [-0.4, -0.2) is 49.7 Å². The fourth-order valence-corrected chi connectivity index (χ4v) is 2.52. The first-order valence-electron chi connectivity index (χ1n) is 7.77. The predicted molar refractivity (Wildman–Crippen MR) is 93.7 cm³/mol. The van der Waals surface area contributed by atoms with E-state index >= 15 is 0 Å². The molecule has 0 aromatic heterocycles. The van der Waals surface area contributed by atoms with Gasteiger partial charge in [-0.3, -0.25) is 4.79 Å². The molecule has 121 valence electrons. The van der Waals surface area contributed by atoms with Crippen molar-refractivity contribution in [3.05, 3.63) is 54.1 Å². The van der Waals surface area contributed by atoms with Crippen molar-refractivity contribution in [1.29, 1.82) is 0 Å². The summed E-state index contributed by atoms with van der Waals surface area (Å²) in [5, 5.41) is 9.24. The van der Waals surface area contributed by atoms with Crippen molar-refractivity contribution in [2.75, 3.05) is 38.7 Å². The van der Waals surface area contributed by atoms with Crippen LogP contribution in [-0.2, 0) is 0 Å². The van der Waals surface area contributed by atoms with Crippen LogP contribution in [0.25, 0.3) is 11.1 Å². The Morgan fingerprint density at radius 1 is 1.17 bits per heavy atom. The van der Waals surface area contributed by atoms with E-state index in [2.05, 4.69) is 17.9 Å². The number of benzene rings is 2. The van der Waals surface area contributed by atoms with Gasteiger partial charge in [-0.05, 0) is 24.6 Å². The van der Waals surface area contributed by atoms with Crippen LogP contribution in [0.3, 0.4) is 0 Å². The molecule has 0 aliphatic carbocycles. The maximum atomic E-state index is 12.0. The van der Waals surface area contributed by atoms with Gasteiger partial charge in [0, 0.05) is 44.4 Å². The minimum Gasteiger partial charge on any atom is -0.395 e. The number of anilines is 1. The molecule has 4 nitrogen and oxygen atoms in total. The first-order valence-corrected chi connectivity index (χ1v) is 7.77. The van der Waals surface area contributed by atoms with Gasteiger partial charge in [-0.15, -0.1) is 0 Å². The summed E-state index contributed by atoms with van der Waals surface area (Å²) >= 11 is 0. The molecule has 0 aliphatic heterocycles. The second-order valence-electron chi connectivity index (χ2n) is 5.51. The standard InChI is InChI=1S/C19H23N2O2/c1-4-21(13-14-22)18-8-6-5-7-17(18)15-9-11-16(12-10-15)19(23)20(2)3/h5-7,9-12,22H,4,13-14H2,1-3H3. The molecular weight excluding hydrogens is 288 g/mol. The van der Waals surface area contributed by atoms with E-state index in [1.807, 2.05) is 42.5 Å². The highest BCUT2D eigenvalue weighted by molar-refractivity contribution is 5.94. The first kappa shape index (κ1) is 17.0. The van der Waals surface area contributed by atoms with Gasteiger partial charge in [0.2, 0.25) is 0 Å². The Bertz CT molecular complexity index is 651. The number of hydrogen-bond acceptors (Lipinski definition) is 3. The summed E-state index contributed by atoms with van der Waals surface area (Å²) < 4.78 is 0. The molecule has 0 unspecified atom stereocenters. The summed E-state index contributed by atoms with van der Waals surface area (Å²) in [7, 11) is 3.49. The fourth-order valence-electron chi connectivity index (χ4n) is 2.52. The molecule has 4 heteroatoms. The lowest BCUT2D eigenvalue weighted by Gasteiger charge is -2.24. The van der Waals surface area contributed by atoms with Crippen molar-refractivity contribution in [1.82, 2.24) is 4.90 Å². The van der Waals surface area contributed by atoms with Crippen LogP contribution < -0.4 is 4.90 Å². The molecule has 0 aliphatic rings. The van der Waals surface area contributed by atoms with Gasteiger partial charge >= 0.3 is 0 Å². The van der Waals surface area contributed by atoms with Gasteiger partial charge in [0.05, 0.1) is 12.3 Å². The van der Waals surface area contributed by atoms with E-state index in [4.69, 9.17) is 0 Å². The average Bonchev–Trinajstić information content (AvgIpc) is 2.59. The summed E-state index contributed by atoms with van der Waals surface area (Å²) in [6.07, 6.45) is 0. The van der Waals surface area contributed by atoms with Gasteiger partial charge in [-0.25, -0.2) is 0 Å². The minimum atomic E-state index is -0.00753. The van der Waals surface area contributed by atoms with Crippen LogP contribution in [0.5, 0.6) is 0 Å². The maximum Gasteiger partial charge on any atom is 0.253 e. The number of carbonyl (C=O) groups excluding carboxylic acids is 1. The Hall–Kier alpha value is -2.33. The molecule has 1 amide bonds. The quantitative estimate of drug-likeness (QED) is 0.892. The Labute approximate surface area is 138 Å². The number of aliphatic hydroxyl groups is 1. The van der Waals surface area contributed by atoms with Crippen LogP contribution in [0, 0.1) is 6.07 Å². The number of aliphatic hydroxyl groups excluding tert-OH is 1. The lowest BCUT2D eigenvalue weighted by molar-refractivity contribution is 0.0827. The molecular formula is C19H23N2O2. The number of para-hydroxylation sites is 1. The molecule has 0 fully saturated rings. The van der Waals surface area contributed by atoms with Crippen molar-refractivity contribution in [3.63, 3.8) is 0 Å². The summed E-state index contributed by atoms with van der Waals surface area (Å²) in [5.41, 5.74) is 3.72. The lowest BCUT2D eigenvalue weighted by atomic mass is 10.0. The van der Waals surface area contributed by atoms with E-state index in [9.17, 15) is 9.90 Å². The number of carbonyl (C=O) groups is 1. The van der Waals surface area contributed by atoms with Crippen molar-refractivity contribution in [2.45, 2.75) is 6.92 Å². The van der Waals surface area contributed by atoms with Gasteiger partial charge in [0.25, 0.3) is 5.91 Å². The number of rotatable bonds is 6. The monoisotopic (exact) mass is 311 g/mol. The topological polar surface area (TPSA) is 43.8 Å². The molecule has 0 saturated heterocycles. The van der Waals surface area contributed by atoms with E-state index in [0.717, 1.165) is 23.4 Å². The van der Waals surface area contributed by atoms with Crippen molar-refractivity contribution in [2.24, 2.45) is 0 Å². The van der Waals surface area contributed by atoms with Crippen molar-refractivity contribution >= 4 is 11.6 Å². The van der Waals surface area contributed by atoms with Crippen LogP contribution in [0.1, 0.15) is 17.3 Å². The predicted octanol–water partition coefficient (Wildman–Crippen LogP) is 2.67. The Kier molecular flexibility index (Phi) is 5.77. The normalized spacial score (nSPS) is 10.4. The molecule has 0 heterocycles. The van der Waals surface area contributed by atoms with Gasteiger partial charge in [0.15, 0.2) is 0 Å². The molecule has 1 radical (unpaired) electrons. The van der Waals surface area contributed by atoms with E-state index in [1.165, 1.54) is 0 Å². The zero-order valence-corrected chi connectivity index (χ0v) is 13.9. The molecule has 2 aromatic rings. The second-order valence-corrected chi connectivity index (χ2v) is 5.51. The highest BCUT2D eigenvalue weighted by atomic mass is 16.3. The van der Waals surface area contributed by atoms with Gasteiger partial charge < -0.3 is 14.9 Å². The lowest BCUT2D eigenvalue weighted by Crippen LogP contribution is -2.26. The summed E-state index contributed by atoms with van der Waals surface area (Å²) in [5.74, 6) is -0.00753. The molecule has 23 heavy (non-hydrogen) atoms. The molecule has 1 N–H and O–H groups in total. The van der Waals surface area contributed by atoms with Crippen LogP contribution in [0.15, 0.2) is 42.5 Å². The van der Waals surface area contributed by atoms with Gasteiger partial charge in [0.1, 0.15) is 0 Å². The van der Waals surface area contributed by atoms with Crippen LogP contribution in [0.2, 0.25) is 0 Å². The number of nitrogens with zero attached hydrogens (tertiary/aromatic N) is 2. The molecule has 0 atom stereocenters. The van der Waals surface area contributed by atoms with Gasteiger partial charge in [-0.1, -0.05) is 30.3 Å². The largest absolute Gasteiger partial charge is 0.395 e. The molecule has 2 aromatic carbocycles. The maximum absolute atomic E-state index is 12.0. The number of amides is 1. The fraction of sp³-hybridized carbons (Fsp3) is 0.316. The SMILES string of the molecule is CCN(CCO)c1[c]cccc1-c1ccc(C(=O)N(C)C)cc1. The molecule has 0 saturated carbocycles. The van der Waals surface area contributed by atoms with Gasteiger partial charge in [-0.2, -0.15) is 0 Å². The molecule has 2 rings (SSSR count). The van der Waals surface area contributed by atoms with Crippen LogP contribution in [0.4, 0.5) is 5.69 Å². The average molecular weight is 311 g/mol. The van der Waals surface area contributed by atoms with E-state index in [0.29, 0.717) is 12.1 Å². The number of likely N-dealkylation sites (N-methyl/N-ethyl adjacent to an activating group) is 1. The summed E-state index contributed by atoms with van der Waals surface area (Å²) in [6.45, 7) is 3.53. The Morgan fingerprint density at radius 3 is 2.43 bits per heavy atom. The zero-order valence-electron chi connectivity index (χ0n) is 13.9. The van der Waals surface area contributed by atoms with Crippen molar-refractivity contribution < 1.29 is 9.90 Å². The van der Waals surface area contributed by atoms with Crippen molar-refractivity contribution in [3.8, 4) is 11.1 Å². The van der Waals surface area contributed by atoms with E-state index < -0.39 is 0 Å². The number of hydrogen-bond donors (Lipinski definition) is 1. The molecule has 0 spiro atoms. The first-order chi connectivity index (χ1) is 11.1. The van der Waals surface area contributed by atoms with E-state index in [-0.39, 0.29) is 12.5 Å². The second kappa shape index (κ2) is 7.79. The smallest absolute Gasteiger partial charge is 0.253 e. The summed E-state index contributed by atoms with van der Waals surface area (Å²) in [6, 6.07) is 16.7. The highest BCUT2D eigenvalue weighted by Gasteiger charge is 2.12. The highest BCUT2D eigenvalue weighted by Crippen LogP contribution is 2.30. The summed E-state index contributed by atoms with van der Waals surface area (Å²) in [4.78, 5) is 15.6. The van der Waals surface area contributed by atoms with Crippen LogP contribution >= 0.6 is 0 Å². The zero-order chi connectivity index (χ0) is 16.8.